The van der Waals surface area contributed by atoms with Crippen LogP contribution >= 0.6 is 0 Å². The second-order valence-electron chi connectivity index (χ2n) is 4.35. The minimum atomic E-state index is -0.515. The number of carbonyl (C=O) groups is 1. The summed E-state index contributed by atoms with van der Waals surface area (Å²) in [5, 5.41) is 0. The van der Waals surface area contributed by atoms with Crippen LogP contribution in [0, 0.1) is 0 Å². The molecular formula is C14H13N3O2. The molecule has 0 N–H and O–H groups in total. The lowest BCUT2D eigenvalue weighted by molar-refractivity contribution is 0.0587. The molecule has 19 heavy (non-hydrogen) atoms. The Balaban J connectivity index is 1.87. The lowest BCUT2D eigenvalue weighted by atomic mass is 10.1. The average Bonchev–Trinajstić information content (AvgIpc) is 2.90. The van der Waals surface area contributed by atoms with E-state index < -0.39 is 5.97 Å². The lowest BCUT2D eigenvalue weighted by Gasteiger charge is -2.16. The number of hydrogen-bond acceptors (Lipinski definition) is 5. The molecule has 0 unspecified atom stereocenters. The molecule has 0 spiro atoms. The SMILES string of the molecule is COC(=O)c1nccc(N2Cc3ccccc3C2)n1. The molecule has 0 atom stereocenters. The number of carbonyl (C=O) groups excluding carboxylic acids is 1. The Kier molecular flexibility index (Phi) is 2.87. The first-order chi connectivity index (χ1) is 9.28. The van der Waals surface area contributed by atoms with E-state index in [-0.39, 0.29) is 5.82 Å². The first kappa shape index (κ1) is 11.6. The fraction of sp³-hybridized carbons (Fsp3) is 0.214. The number of methoxy groups -OCH3 is 1. The van der Waals surface area contributed by atoms with Crippen LogP contribution in [-0.2, 0) is 17.8 Å². The Bertz CT molecular complexity index is 603. The van der Waals surface area contributed by atoms with Crippen LogP contribution in [0.2, 0.25) is 0 Å². The third-order valence-electron chi connectivity index (χ3n) is 3.17. The largest absolute Gasteiger partial charge is 0.463 e. The summed E-state index contributed by atoms with van der Waals surface area (Å²) in [7, 11) is 1.32. The molecule has 0 saturated heterocycles. The van der Waals surface area contributed by atoms with Crippen LogP contribution in [0.15, 0.2) is 36.5 Å². The van der Waals surface area contributed by atoms with Crippen molar-refractivity contribution >= 4 is 11.8 Å². The van der Waals surface area contributed by atoms with Crippen molar-refractivity contribution in [2.24, 2.45) is 0 Å². The van der Waals surface area contributed by atoms with Gasteiger partial charge < -0.3 is 9.64 Å². The predicted molar refractivity (Wildman–Crippen MR) is 69.7 cm³/mol. The number of nitrogens with zero attached hydrogens (tertiary/aromatic N) is 3. The number of fused-ring (bicyclic) bond motifs is 1. The number of aromatic nitrogens is 2. The van der Waals surface area contributed by atoms with Gasteiger partial charge in [0.2, 0.25) is 5.82 Å². The Morgan fingerprint density at radius 3 is 2.53 bits per heavy atom. The number of anilines is 1. The molecule has 3 rings (SSSR count). The van der Waals surface area contributed by atoms with Crippen molar-refractivity contribution in [3.8, 4) is 0 Å². The third kappa shape index (κ3) is 2.14. The van der Waals surface area contributed by atoms with Crippen molar-refractivity contribution in [3.63, 3.8) is 0 Å². The summed E-state index contributed by atoms with van der Waals surface area (Å²) in [4.78, 5) is 21.7. The van der Waals surface area contributed by atoms with E-state index in [1.54, 1.807) is 12.3 Å². The highest BCUT2D eigenvalue weighted by molar-refractivity contribution is 5.85. The van der Waals surface area contributed by atoms with Crippen molar-refractivity contribution in [3.05, 3.63) is 53.5 Å². The standard InChI is InChI=1S/C14H13N3O2/c1-19-14(18)13-15-7-6-12(16-13)17-8-10-4-2-3-5-11(10)9-17/h2-7H,8-9H2,1H3. The topological polar surface area (TPSA) is 55.3 Å². The second kappa shape index (κ2) is 4.68. The summed E-state index contributed by atoms with van der Waals surface area (Å²) in [5.74, 6) is 0.320. The van der Waals surface area contributed by atoms with Crippen molar-refractivity contribution < 1.29 is 9.53 Å². The highest BCUT2D eigenvalue weighted by Gasteiger charge is 2.20. The zero-order valence-electron chi connectivity index (χ0n) is 10.5. The molecule has 0 aliphatic carbocycles. The fourth-order valence-corrected chi connectivity index (χ4v) is 2.21. The molecular weight excluding hydrogens is 242 g/mol. The lowest BCUT2D eigenvalue weighted by Crippen LogP contribution is -2.18. The Morgan fingerprint density at radius 2 is 1.89 bits per heavy atom. The van der Waals surface area contributed by atoms with Crippen LogP contribution in [0.5, 0.6) is 0 Å². The van der Waals surface area contributed by atoms with Gasteiger partial charge in [-0.1, -0.05) is 24.3 Å². The smallest absolute Gasteiger partial charge is 0.376 e. The quantitative estimate of drug-likeness (QED) is 0.766. The van der Waals surface area contributed by atoms with E-state index in [1.165, 1.54) is 18.2 Å². The summed E-state index contributed by atoms with van der Waals surface area (Å²) in [6.45, 7) is 1.60. The minimum Gasteiger partial charge on any atom is -0.463 e. The molecule has 0 bridgehead atoms. The maximum absolute atomic E-state index is 11.4. The van der Waals surface area contributed by atoms with Crippen LogP contribution in [0.4, 0.5) is 5.82 Å². The molecule has 0 radical (unpaired) electrons. The van der Waals surface area contributed by atoms with E-state index in [0.717, 1.165) is 18.9 Å². The van der Waals surface area contributed by atoms with E-state index >= 15 is 0 Å². The van der Waals surface area contributed by atoms with Crippen molar-refractivity contribution in [2.45, 2.75) is 13.1 Å². The van der Waals surface area contributed by atoms with E-state index in [4.69, 9.17) is 0 Å². The summed E-state index contributed by atoms with van der Waals surface area (Å²) in [6.07, 6.45) is 1.58. The van der Waals surface area contributed by atoms with Gasteiger partial charge in [0.1, 0.15) is 5.82 Å². The molecule has 96 valence electrons. The molecule has 1 aliphatic heterocycles. The van der Waals surface area contributed by atoms with Gasteiger partial charge in [0.15, 0.2) is 0 Å². The van der Waals surface area contributed by atoms with Crippen molar-refractivity contribution in [2.75, 3.05) is 12.0 Å². The molecule has 5 heteroatoms. The first-order valence-electron chi connectivity index (χ1n) is 6.01. The van der Waals surface area contributed by atoms with Crippen LogP contribution < -0.4 is 4.90 Å². The van der Waals surface area contributed by atoms with Gasteiger partial charge in [-0.3, -0.25) is 0 Å². The van der Waals surface area contributed by atoms with Crippen molar-refractivity contribution in [1.29, 1.82) is 0 Å². The first-order valence-corrected chi connectivity index (χ1v) is 6.01. The monoisotopic (exact) mass is 255 g/mol. The predicted octanol–water partition coefficient (Wildman–Crippen LogP) is 1.78. The number of ether oxygens (including phenoxy) is 1. The Hall–Kier alpha value is -2.43. The number of esters is 1. The summed E-state index contributed by atoms with van der Waals surface area (Å²) in [6, 6.07) is 10.1. The molecule has 5 nitrogen and oxygen atoms in total. The maximum Gasteiger partial charge on any atom is 0.376 e. The fourth-order valence-electron chi connectivity index (χ4n) is 2.21. The van der Waals surface area contributed by atoms with Crippen LogP contribution in [-0.4, -0.2) is 23.0 Å². The van der Waals surface area contributed by atoms with E-state index in [9.17, 15) is 4.79 Å². The number of hydrogen-bond donors (Lipinski definition) is 0. The van der Waals surface area contributed by atoms with Gasteiger partial charge in [-0.2, -0.15) is 0 Å². The van der Waals surface area contributed by atoms with E-state index in [1.807, 2.05) is 12.1 Å². The average molecular weight is 255 g/mol. The maximum atomic E-state index is 11.4. The van der Waals surface area contributed by atoms with E-state index in [0.29, 0.717) is 0 Å². The van der Waals surface area contributed by atoms with Crippen LogP contribution in [0.3, 0.4) is 0 Å². The molecule has 0 fully saturated rings. The Labute approximate surface area is 110 Å². The van der Waals surface area contributed by atoms with Gasteiger partial charge >= 0.3 is 5.97 Å². The van der Waals surface area contributed by atoms with Crippen LogP contribution in [0.25, 0.3) is 0 Å². The normalized spacial score (nSPS) is 13.2. The van der Waals surface area contributed by atoms with Gasteiger partial charge in [0.05, 0.1) is 7.11 Å². The minimum absolute atomic E-state index is 0.0935. The zero-order valence-corrected chi connectivity index (χ0v) is 10.5. The highest BCUT2D eigenvalue weighted by Crippen LogP contribution is 2.26. The summed E-state index contributed by atoms with van der Waals surface area (Å²) in [5.41, 5.74) is 2.58. The zero-order chi connectivity index (χ0) is 13.2. The molecule has 1 aromatic heterocycles. The molecule has 1 aromatic carbocycles. The Morgan fingerprint density at radius 1 is 1.21 bits per heavy atom. The molecule has 2 aromatic rings. The number of rotatable bonds is 2. The molecule has 0 amide bonds. The third-order valence-corrected chi connectivity index (χ3v) is 3.17. The highest BCUT2D eigenvalue weighted by atomic mass is 16.5. The van der Waals surface area contributed by atoms with Gasteiger partial charge in [-0.15, -0.1) is 0 Å². The van der Waals surface area contributed by atoms with Crippen LogP contribution in [0.1, 0.15) is 21.7 Å². The van der Waals surface area contributed by atoms with Crippen molar-refractivity contribution in [1.82, 2.24) is 9.97 Å². The van der Waals surface area contributed by atoms with Gasteiger partial charge in [-0.05, 0) is 17.2 Å². The van der Waals surface area contributed by atoms with Gasteiger partial charge in [-0.25, -0.2) is 14.8 Å². The van der Waals surface area contributed by atoms with Gasteiger partial charge in [0.25, 0.3) is 0 Å². The number of benzene rings is 1. The molecule has 0 saturated carbocycles. The summed E-state index contributed by atoms with van der Waals surface area (Å²) >= 11 is 0. The summed E-state index contributed by atoms with van der Waals surface area (Å²) < 4.78 is 4.63. The molecule has 1 aliphatic rings. The van der Waals surface area contributed by atoms with E-state index in [2.05, 4.69) is 31.7 Å². The van der Waals surface area contributed by atoms with Gasteiger partial charge in [0, 0.05) is 19.3 Å². The molecule has 2 heterocycles. The second-order valence-corrected chi connectivity index (χ2v) is 4.35.